The van der Waals surface area contributed by atoms with Gasteiger partial charge in [-0.15, -0.1) is 11.3 Å². The number of rotatable bonds is 8. The fraction of sp³-hybridized carbons (Fsp3) is 0.333. The van der Waals surface area contributed by atoms with Crippen molar-refractivity contribution in [1.82, 2.24) is 4.98 Å². The van der Waals surface area contributed by atoms with E-state index < -0.39 is 10.1 Å². The standard InChI is InChI=1S/C15H18N2O5S2/c1-11(18)16-15-17-13(10-23-15)9-22-14-6-4-12(5-7-14)3-2-8-24(19,20)21/h4-7,10H,2-3,8-9H2,1H3,(H,16,17,18)(H,19,20,21). The Kier molecular flexibility index (Phi) is 6.29. The normalized spacial score (nSPS) is 11.2. The first kappa shape index (κ1) is 18.4. The van der Waals surface area contributed by atoms with Crippen LogP contribution in [0.25, 0.3) is 0 Å². The van der Waals surface area contributed by atoms with Crippen LogP contribution in [0.1, 0.15) is 24.6 Å². The summed E-state index contributed by atoms with van der Waals surface area (Å²) in [6.07, 6.45) is 0.927. The third kappa shape index (κ3) is 6.65. The van der Waals surface area contributed by atoms with Crippen molar-refractivity contribution in [2.75, 3.05) is 11.1 Å². The molecule has 24 heavy (non-hydrogen) atoms. The molecule has 0 bridgehead atoms. The first-order valence-corrected chi connectivity index (χ1v) is 9.69. The van der Waals surface area contributed by atoms with E-state index in [1.54, 1.807) is 12.1 Å². The zero-order valence-electron chi connectivity index (χ0n) is 13.1. The van der Waals surface area contributed by atoms with E-state index in [1.165, 1.54) is 18.3 Å². The number of hydrogen-bond acceptors (Lipinski definition) is 6. The molecular formula is C15H18N2O5S2. The average molecular weight is 370 g/mol. The van der Waals surface area contributed by atoms with Crippen LogP contribution < -0.4 is 10.1 Å². The lowest BCUT2D eigenvalue weighted by atomic mass is 10.1. The Morgan fingerprint density at radius 2 is 2.04 bits per heavy atom. The Morgan fingerprint density at radius 3 is 2.67 bits per heavy atom. The third-order valence-corrected chi connectivity index (χ3v) is 4.62. The summed E-state index contributed by atoms with van der Waals surface area (Å²) in [4.78, 5) is 15.2. The molecule has 0 radical (unpaired) electrons. The molecule has 2 rings (SSSR count). The molecule has 1 aromatic heterocycles. The number of hydrogen-bond donors (Lipinski definition) is 2. The van der Waals surface area contributed by atoms with Crippen molar-refractivity contribution in [2.45, 2.75) is 26.4 Å². The van der Waals surface area contributed by atoms with Crippen LogP contribution in [0.5, 0.6) is 5.75 Å². The maximum atomic E-state index is 10.9. The Bertz CT molecular complexity index is 784. The Balaban J connectivity index is 1.81. The molecule has 0 unspecified atom stereocenters. The van der Waals surface area contributed by atoms with Gasteiger partial charge in [-0.2, -0.15) is 8.42 Å². The quantitative estimate of drug-likeness (QED) is 0.692. The van der Waals surface area contributed by atoms with Gasteiger partial charge in [0.1, 0.15) is 12.4 Å². The first-order valence-electron chi connectivity index (χ1n) is 7.21. The molecule has 0 aliphatic carbocycles. The van der Waals surface area contributed by atoms with E-state index in [4.69, 9.17) is 9.29 Å². The minimum atomic E-state index is -3.90. The Hall–Kier alpha value is -1.97. The molecule has 7 nitrogen and oxygen atoms in total. The molecule has 1 heterocycles. The predicted octanol–water partition coefficient (Wildman–Crippen LogP) is 2.50. The monoisotopic (exact) mass is 370 g/mol. The molecule has 2 aromatic rings. The number of benzene rings is 1. The van der Waals surface area contributed by atoms with Crippen molar-refractivity contribution in [2.24, 2.45) is 0 Å². The van der Waals surface area contributed by atoms with Gasteiger partial charge in [-0.1, -0.05) is 12.1 Å². The number of nitrogens with one attached hydrogen (secondary N) is 1. The minimum absolute atomic E-state index is 0.165. The topological polar surface area (TPSA) is 106 Å². The summed E-state index contributed by atoms with van der Waals surface area (Å²) in [5.41, 5.74) is 1.69. The van der Waals surface area contributed by atoms with Gasteiger partial charge in [-0.3, -0.25) is 9.35 Å². The summed E-state index contributed by atoms with van der Waals surface area (Å²) in [7, 11) is -3.90. The number of carbonyl (C=O) groups excluding carboxylic acids is 1. The van der Waals surface area contributed by atoms with Gasteiger partial charge in [0, 0.05) is 12.3 Å². The molecule has 0 aliphatic rings. The molecule has 2 N–H and O–H groups in total. The van der Waals surface area contributed by atoms with Gasteiger partial charge in [-0.05, 0) is 30.5 Å². The molecule has 1 aromatic carbocycles. The van der Waals surface area contributed by atoms with E-state index in [1.807, 2.05) is 17.5 Å². The van der Waals surface area contributed by atoms with Crippen molar-refractivity contribution in [3.8, 4) is 5.75 Å². The van der Waals surface area contributed by atoms with Gasteiger partial charge in [-0.25, -0.2) is 4.98 Å². The summed E-state index contributed by atoms with van der Waals surface area (Å²) in [6.45, 7) is 1.72. The second kappa shape index (κ2) is 8.22. The van der Waals surface area contributed by atoms with Gasteiger partial charge in [0.2, 0.25) is 5.91 Å². The lowest BCUT2D eigenvalue weighted by molar-refractivity contribution is -0.114. The summed E-state index contributed by atoms with van der Waals surface area (Å²) in [5.74, 6) is 0.259. The zero-order valence-corrected chi connectivity index (χ0v) is 14.7. The van der Waals surface area contributed by atoms with Gasteiger partial charge < -0.3 is 10.1 Å². The number of anilines is 1. The van der Waals surface area contributed by atoms with E-state index >= 15 is 0 Å². The van der Waals surface area contributed by atoms with Gasteiger partial charge in [0.25, 0.3) is 10.1 Å². The summed E-state index contributed by atoms with van der Waals surface area (Å²) in [5, 5.41) is 4.97. The molecule has 130 valence electrons. The number of aryl methyl sites for hydroxylation is 1. The largest absolute Gasteiger partial charge is 0.487 e. The second-order valence-corrected chi connectivity index (χ2v) is 7.58. The van der Waals surface area contributed by atoms with Crippen LogP contribution in [-0.4, -0.2) is 29.6 Å². The molecule has 0 saturated carbocycles. The molecule has 0 spiro atoms. The van der Waals surface area contributed by atoms with E-state index in [-0.39, 0.29) is 18.3 Å². The minimum Gasteiger partial charge on any atom is -0.487 e. The number of nitrogens with zero attached hydrogens (tertiary/aromatic N) is 1. The molecule has 0 saturated heterocycles. The molecule has 0 aliphatic heterocycles. The third-order valence-electron chi connectivity index (χ3n) is 3.01. The van der Waals surface area contributed by atoms with Crippen LogP contribution in [0.2, 0.25) is 0 Å². The fourth-order valence-corrected chi connectivity index (χ4v) is 3.20. The highest BCUT2D eigenvalue weighted by atomic mass is 32.2. The zero-order chi connectivity index (χ0) is 17.6. The number of ether oxygens (including phenoxy) is 1. The smallest absolute Gasteiger partial charge is 0.264 e. The number of thiazole rings is 1. The predicted molar refractivity (Wildman–Crippen MR) is 91.9 cm³/mol. The van der Waals surface area contributed by atoms with Crippen LogP contribution in [-0.2, 0) is 27.9 Å². The highest BCUT2D eigenvalue weighted by Crippen LogP contribution is 2.18. The SMILES string of the molecule is CC(=O)Nc1nc(COc2ccc(CCCS(=O)(=O)O)cc2)cs1. The van der Waals surface area contributed by atoms with E-state index in [2.05, 4.69) is 10.3 Å². The van der Waals surface area contributed by atoms with Crippen LogP contribution in [0, 0.1) is 0 Å². The molecule has 1 amide bonds. The van der Waals surface area contributed by atoms with E-state index in [0.717, 1.165) is 11.3 Å². The average Bonchev–Trinajstić information content (AvgIpc) is 2.92. The highest BCUT2D eigenvalue weighted by Gasteiger charge is 2.06. The van der Waals surface area contributed by atoms with Crippen LogP contribution in [0.15, 0.2) is 29.6 Å². The van der Waals surface area contributed by atoms with Crippen molar-refractivity contribution in [3.05, 3.63) is 40.9 Å². The molecule has 0 fully saturated rings. The lowest BCUT2D eigenvalue weighted by Gasteiger charge is -2.06. The lowest BCUT2D eigenvalue weighted by Crippen LogP contribution is -2.05. The Labute approximate surface area is 144 Å². The maximum absolute atomic E-state index is 10.9. The van der Waals surface area contributed by atoms with Gasteiger partial charge in [0.15, 0.2) is 5.13 Å². The van der Waals surface area contributed by atoms with Crippen LogP contribution in [0.4, 0.5) is 5.13 Å². The fourth-order valence-electron chi connectivity index (χ4n) is 1.95. The molecular weight excluding hydrogens is 352 g/mol. The van der Waals surface area contributed by atoms with E-state index in [9.17, 15) is 13.2 Å². The second-order valence-electron chi connectivity index (χ2n) is 5.15. The van der Waals surface area contributed by atoms with Crippen molar-refractivity contribution < 1.29 is 22.5 Å². The van der Waals surface area contributed by atoms with Crippen molar-refractivity contribution in [1.29, 1.82) is 0 Å². The maximum Gasteiger partial charge on any atom is 0.264 e. The Morgan fingerprint density at radius 1 is 1.33 bits per heavy atom. The van der Waals surface area contributed by atoms with Gasteiger partial charge >= 0.3 is 0 Å². The summed E-state index contributed by atoms with van der Waals surface area (Å²) < 4.78 is 35.6. The van der Waals surface area contributed by atoms with Crippen LogP contribution >= 0.6 is 11.3 Å². The number of carbonyl (C=O) groups is 1. The number of amides is 1. The van der Waals surface area contributed by atoms with E-state index in [0.29, 0.717) is 23.7 Å². The van der Waals surface area contributed by atoms with Crippen LogP contribution in [0.3, 0.4) is 0 Å². The number of aromatic nitrogens is 1. The highest BCUT2D eigenvalue weighted by molar-refractivity contribution is 7.85. The first-order chi connectivity index (χ1) is 11.3. The van der Waals surface area contributed by atoms with Crippen molar-refractivity contribution in [3.63, 3.8) is 0 Å². The summed E-state index contributed by atoms with van der Waals surface area (Å²) in [6, 6.07) is 7.29. The molecule has 0 atom stereocenters. The summed E-state index contributed by atoms with van der Waals surface area (Å²) >= 11 is 1.33. The molecule has 9 heteroatoms. The van der Waals surface area contributed by atoms with Gasteiger partial charge in [0.05, 0.1) is 11.4 Å². The van der Waals surface area contributed by atoms with Crippen molar-refractivity contribution >= 4 is 32.5 Å².